The summed E-state index contributed by atoms with van der Waals surface area (Å²) >= 11 is 0. The van der Waals surface area contributed by atoms with E-state index in [0.29, 0.717) is 5.54 Å². The molecule has 1 unspecified atom stereocenters. The van der Waals surface area contributed by atoms with Gasteiger partial charge in [0.05, 0.1) is 0 Å². The summed E-state index contributed by atoms with van der Waals surface area (Å²) in [7, 11) is 0. The van der Waals surface area contributed by atoms with Gasteiger partial charge in [-0.05, 0) is 33.1 Å². The van der Waals surface area contributed by atoms with E-state index >= 15 is 0 Å². The van der Waals surface area contributed by atoms with Gasteiger partial charge in [-0.15, -0.1) is 0 Å². The first-order valence-electron chi connectivity index (χ1n) is 6.29. The summed E-state index contributed by atoms with van der Waals surface area (Å²) in [5.74, 6) is 0.754. The molecule has 0 bridgehead atoms. The predicted molar refractivity (Wildman–Crippen MR) is 67.2 cm³/mol. The van der Waals surface area contributed by atoms with Crippen LogP contribution in [-0.2, 0) is 0 Å². The van der Waals surface area contributed by atoms with Crippen LogP contribution in [0.5, 0.6) is 0 Å². The molecule has 0 radical (unpaired) electrons. The van der Waals surface area contributed by atoms with E-state index in [1.165, 1.54) is 13.0 Å². The number of rotatable bonds is 3. The molecule has 1 fully saturated rings. The van der Waals surface area contributed by atoms with Gasteiger partial charge in [0.2, 0.25) is 0 Å². The van der Waals surface area contributed by atoms with E-state index in [4.69, 9.17) is 0 Å². The van der Waals surface area contributed by atoms with Crippen LogP contribution in [0.25, 0.3) is 0 Å². The zero-order valence-electron chi connectivity index (χ0n) is 11.4. The van der Waals surface area contributed by atoms with E-state index in [9.17, 15) is 0 Å². The number of hydrogen-bond acceptors (Lipinski definition) is 2. The van der Waals surface area contributed by atoms with Gasteiger partial charge in [-0.2, -0.15) is 0 Å². The summed E-state index contributed by atoms with van der Waals surface area (Å²) in [6, 6.07) is 0. The average Bonchev–Trinajstić information content (AvgIpc) is 2.11. The maximum absolute atomic E-state index is 3.66. The van der Waals surface area contributed by atoms with E-state index in [1.54, 1.807) is 0 Å². The van der Waals surface area contributed by atoms with Crippen molar-refractivity contribution in [2.45, 2.75) is 59.0 Å². The zero-order chi connectivity index (χ0) is 11.7. The Bertz CT molecular complexity index is 211. The molecule has 0 saturated carbocycles. The molecule has 2 nitrogen and oxygen atoms in total. The van der Waals surface area contributed by atoms with Gasteiger partial charge in [-0.25, -0.2) is 0 Å². The van der Waals surface area contributed by atoms with Gasteiger partial charge in [0.25, 0.3) is 0 Å². The second kappa shape index (κ2) is 4.42. The Morgan fingerprint density at radius 1 is 1.27 bits per heavy atom. The lowest BCUT2D eigenvalue weighted by Gasteiger charge is -2.51. The fraction of sp³-hybridized carbons (Fsp3) is 1.00. The SMILES string of the molecule is CCC1(C)CNC(C)(C)CN1CC(C)C. The monoisotopic (exact) mass is 212 g/mol. The van der Waals surface area contributed by atoms with Crippen molar-refractivity contribution < 1.29 is 0 Å². The van der Waals surface area contributed by atoms with Crippen molar-refractivity contribution in [2.24, 2.45) is 5.92 Å². The van der Waals surface area contributed by atoms with E-state index in [2.05, 4.69) is 51.8 Å². The second-order valence-electron chi connectivity index (χ2n) is 6.36. The summed E-state index contributed by atoms with van der Waals surface area (Å²) in [6.45, 7) is 17.4. The van der Waals surface area contributed by atoms with Crippen molar-refractivity contribution in [3.05, 3.63) is 0 Å². The molecule has 1 N–H and O–H groups in total. The quantitative estimate of drug-likeness (QED) is 0.773. The molecular formula is C13H28N2. The number of nitrogens with one attached hydrogen (secondary N) is 1. The van der Waals surface area contributed by atoms with Crippen molar-refractivity contribution in [1.82, 2.24) is 10.2 Å². The molecule has 0 aromatic rings. The molecule has 0 aromatic heterocycles. The lowest BCUT2D eigenvalue weighted by atomic mass is 9.87. The molecule has 1 heterocycles. The van der Waals surface area contributed by atoms with Crippen molar-refractivity contribution in [3.8, 4) is 0 Å². The largest absolute Gasteiger partial charge is 0.309 e. The van der Waals surface area contributed by atoms with Gasteiger partial charge in [0.15, 0.2) is 0 Å². The topological polar surface area (TPSA) is 15.3 Å². The minimum absolute atomic E-state index is 0.267. The Hall–Kier alpha value is -0.0800. The molecule has 1 rings (SSSR count). The highest BCUT2D eigenvalue weighted by atomic mass is 15.3. The number of piperazine rings is 1. The lowest BCUT2D eigenvalue weighted by Crippen LogP contribution is -2.67. The molecule has 0 aliphatic carbocycles. The minimum atomic E-state index is 0.267. The van der Waals surface area contributed by atoms with Crippen LogP contribution in [0.4, 0.5) is 0 Å². The molecule has 1 saturated heterocycles. The summed E-state index contributed by atoms with van der Waals surface area (Å²) < 4.78 is 0. The zero-order valence-corrected chi connectivity index (χ0v) is 11.4. The molecule has 2 heteroatoms. The van der Waals surface area contributed by atoms with Crippen LogP contribution in [0, 0.1) is 5.92 Å². The Kier molecular flexibility index (Phi) is 3.83. The van der Waals surface area contributed by atoms with Gasteiger partial charge in [-0.1, -0.05) is 20.8 Å². The van der Waals surface area contributed by atoms with Crippen molar-refractivity contribution >= 4 is 0 Å². The van der Waals surface area contributed by atoms with Gasteiger partial charge in [-0.3, -0.25) is 4.90 Å². The normalized spacial score (nSPS) is 32.2. The highest BCUT2D eigenvalue weighted by Crippen LogP contribution is 2.27. The minimum Gasteiger partial charge on any atom is -0.309 e. The summed E-state index contributed by atoms with van der Waals surface area (Å²) in [5, 5.41) is 3.66. The Morgan fingerprint density at radius 3 is 2.33 bits per heavy atom. The summed E-state index contributed by atoms with van der Waals surface area (Å²) in [5.41, 5.74) is 0.614. The highest BCUT2D eigenvalue weighted by Gasteiger charge is 2.39. The first kappa shape index (κ1) is 13.0. The fourth-order valence-corrected chi connectivity index (χ4v) is 2.34. The maximum atomic E-state index is 3.66. The summed E-state index contributed by atoms with van der Waals surface area (Å²) in [6.07, 6.45) is 1.23. The van der Waals surface area contributed by atoms with Crippen LogP contribution >= 0.6 is 0 Å². The van der Waals surface area contributed by atoms with Crippen molar-refractivity contribution in [3.63, 3.8) is 0 Å². The number of nitrogens with zero attached hydrogens (tertiary/aromatic N) is 1. The average molecular weight is 212 g/mol. The smallest absolute Gasteiger partial charge is 0.0304 e. The molecule has 1 aliphatic rings. The molecule has 0 aromatic carbocycles. The maximum Gasteiger partial charge on any atom is 0.0304 e. The Balaban J connectivity index is 2.74. The van der Waals surface area contributed by atoms with E-state index in [-0.39, 0.29) is 5.54 Å². The van der Waals surface area contributed by atoms with E-state index < -0.39 is 0 Å². The molecule has 0 spiro atoms. The van der Waals surface area contributed by atoms with Crippen molar-refractivity contribution in [2.75, 3.05) is 19.6 Å². The third kappa shape index (κ3) is 3.18. The first-order chi connectivity index (χ1) is 6.79. The predicted octanol–water partition coefficient (Wildman–Crippen LogP) is 2.49. The van der Waals surface area contributed by atoms with Gasteiger partial charge >= 0.3 is 0 Å². The molecular weight excluding hydrogens is 184 g/mol. The molecule has 15 heavy (non-hydrogen) atoms. The molecule has 1 atom stereocenters. The van der Waals surface area contributed by atoms with Crippen LogP contribution in [0.3, 0.4) is 0 Å². The van der Waals surface area contributed by atoms with Gasteiger partial charge in [0, 0.05) is 30.7 Å². The molecule has 0 amide bonds. The summed E-state index contributed by atoms with van der Waals surface area (Å²) in [4.78, 5) is 2.67. The standard InChI is InChI=1S/C13H28N2/c1-7-13(6)9-14-12(4,5)10-15(13)8-11(2)3/h11,14H,7-10H2,1-6H3. The van der Waals surface area contributed by atoms with Gasteiger partial charge in [0.1, 0.15) is 0 Å². The first-order valence-corrected chi connectivity index (χ1v) is 6.29. The Labute approximate surface area is 95.4 Å². The van der Waals surface area contributed by atoms with Crippen molar-refractivity contribution in [1.29, 1.82) is 0 Å². The van der Waals surface area contributed by atoms with Crippen LogP contribution < -0.4 is 5.32 Å². The third-order valence-corrected chi connectivity index (χ3v) is 3.64. The van der Waals surface area contributed by atoms with Crippen LogP contribution in [0.2, 0.25) is 0 Å². The van der Waals surface area contributed by atoms with Gasteiger partial charge < -0.3 is 5.32 Å². The molecule has 90 valence electrons. The number of hydrogen-bond donors (Lipinski definition) is 1. The van der Waals surface area contributed by atoms with Crippen LogP contribution in [0.15, 0.2) is 0 Å². The van der Waals surface area contributed by atoms with E-state index in [0.717, 1.165) is 19.0 Å². The Morgan fingerprint density at radius 2 is 1.87 bits per heavy atom. The van der Waals surface area contributed by atoms with Crippen LogP contribution in [0.1, 0.15) is 48.0 Å². The second-order valence-corrected chi connectivity index (χ2v) is 6.36. The lowest BCUT2D eigenvalue weighted by molar-refractivity contribution is 0.0156. The van der Waals surface area contributed by atoms with E-state index in [1.807, 2.05) is 0 Å². The molecule has 1 aliphatic heterocycles. The van der Waals surface area contributed by atoms with Crippen LogP contribution in [-0.4, -0.2) is 35.6 Å². The third-order valence-electron chi connectivity index (χ3n) is 3.64. The fourth-order valence-electron chi connectivity index (χ4n) is 2.34. The highest BCUT2D eigenvalue weighted by molar-refractivity contribution is 4.99.